The molecule has 9 nitrogen and oxygen atoms in total. The minimum atomic E-state index is -3.56. The number of rotatable bonds is 7. The minimum absolute atomic E-state index is 0.0914. The van der Waals surface area contributed by atoms with Gasteiger partial charge in [0, 0.05) is 18.7 Å². The number of thioether (sulfide) groups is 1. The van der Waals surface area contributed by atoms with Crippen molar-refractivity contribution >= 4 is 27.6 Å². The van der Waals surface area contributed by atoms with Crippen molar-refractivity contribution in [2.24, 2.45) is 0 Å². The maximum Gasteiger partial charge on any atom is 0.243 e. The Labute approximate surface area is 173 Å². The van der Waals surface area contributed by atoms with Gasteiger partial charge in [-0.2, -0.15) is 4.31 Å². The van der Waals surface area contributed by atoms with Gasteiger partial charge in [0.2, 0.25) is 15.2 Å². The highest BCUT2D eigenvalue weighted by Gasteiger charge is 2.26. The second-order valence-corrected chi connectivity index (χ2v) is 9.98. The predicted molar refractivity (Wildman–Crippen MR) is 106 cm³/mol. The second kappa shape index (κ2) is 8.90. The number of carbonyl (C=O) groups is 1. The van der Waals surface area contributed by atoms with Crippen LogP contribution >= 0.6 is 11.8 Å². The van der Waals surface area contributed by atoms with Crippen LogP contribution in [0, 0.1) is 0 Å². The molecule has 1 aliphatic heterocycles. The predicted octanol–water partition coefficient (Wildman–Crippen LogP) is 1.78. The Bertz CT molecular complexity index is 949. The molecule has 0 radical (unpaired) electrons. The number of benzene rings is 1. The highest BCUT2D eigenvalue weighted by Crippen LogP contribution is 2.31. The van der Waals surface area contributed by atoms with Crippen LogP contribution < -0.4 is 0 Å². The highest BCUT2D eigenvalue weighted by atomic mass is 32.2. The fourth-order valence-electron chi connectivity index (χ4n) is 3.62. The number of ether oxygens (including phenoxy) is 1. The molecule has 0 spiro atoms. The van der Waals surface area contributed by atoms with Gasteiger partial charge in [0.25, 0.3) is 0 Å². The van der Waals surface area contributed by atoms with Crippen LogP contribution in [0.2, 0.25) is 0 Å². The number of aromatic nitrogens is 4. The van der Waals surface area contributed by atoms with Crippen LogP contribution in [0.15, 0.2) is 34.3 Å². The second-order valence-electron chi connectivity index (χ2n) is 7.10. The van der Waals surface area contributed by atoms with E-state index in [4.69, 9.17) is 4.74 Å². The van der Waals surface area contributed by atoms with Crippen molar-refractivity contribution < 1.29 is 17.9 Å². The SMILES string of the molecule is O=C(CSc1nnnn1C1CCCC1)c1ccc(S(=O)(=O)N2CCOCC2)cc1. The fourth-order valence-corrected chi connectivity index (χ4v) is 5.87. The monoisotopic (exact) mass is 437 g/mol. The van der Waals surface area contributed by atoms with Crippen LogP contribution in [-0.4, -0.2) is 70.8 Å². The molecule has 0 atom stereocenters. The van der Waals surface area contributed by atoms with Crippen LogP contribution in [-0.2, 0) is 14.8 Å². The first kappa shape index (κ1) is 20.5. The molecule has 0 N–H and O–H groups in total. The quantitative estimate of drug-likeness (QED) is 0.477. The van der Waals surface area contributed by atoms with E-state index >= 15 is 0 Å². The van der Waals surface area contributed by atoms with Crippen LogP contribution in [0.1, 0.15) is 42.1 Å². The van der Waals surface area contributed by atoms with Gasteiger partial charge in [-0.15, -0.1) is 5.10 Å². The maximum atomic E-state index is 12.7. The number of ketones is 1. The molecule has 2 heterocycles. The van der Waals surface area contributed by atoms with E-state index in [0.29, 0.717) is 43.1 Å². The van der Waals surface area contributed by atoms with Gasteiger partial charge in [-0.05, 0) is 35.4 Å². The average molecular weight is 438 g/mol. The van der Waals surface area contributed by atoms with Crippen molar-refractivity contribution in [3.05, 3.63) is 29.8 Å². The van der Waals surface area contributed by atoms with Crippen LogP contribution in [0.4, 0.5) is 0 Å². The fraction of sp³-hybridized carbons (Fsp3) is 0.556. The van der Waals surface area contributed by atoms with E-state index in [1.807, 2.05) is 4.68 Å². The van der Waals surface area contributed by atoms with Crippen molar-refractivity contribution in [1.82, 2.24) is 24.5 Å². The molecular formula is C18H23N5O4S2. The van der Waals surface area contributed by atoms with Crippen LogP contribution in [0.25, 0.3) is 0 Å². The lowest BCUT2D eigenvalue weighted by Crippen LogP contribution is -2.40. The average Bonchev–Trinajstić information content (AvgIpc) is 3.44. The zero-order valence-electron chi connectivity index (χ0n) is 15.9. The molecule has 0 bridgehead atoms. The van der Waals surface area contributed by atoms with E-state index < -0.39 is 10.0 Å². The lowest BCUT2D eigenvalue weighted by atomic mass is 10.1. The van der Waals surface area contributed by atoms with E-state index in [9.17, 15) is 13.2 Å². The Morgan fingerprint density at radius 2 is 1.83 bits per heavy atom. The third kappa shape index (κ3) is 4.52. The number of carbonyl (C=O) groups excluding carboxylic acids is 1. The number of hydrogen-bond donors (Lipinski definition) is 0. The molecule has 2 fully saturated rings. The summed E-state index contributed by atoms with van der Waals surface area (Å²) >= 11 is 1.31. The zero-order valence-corrected chi connectivity index (χ0v) is 17.6. The largest absolute Gasteiger partial charge is 0.379 e. The molecule has 1 aliphatic carbocycles. The first-order valence-corrected chi connectivity index (χ1v) is 12.1. The third-order valence-electron chi connectivity index (χ3n) is 5.25. The minimum Gasteiger partial charge on any atom is -0.379 e. The maximum absolute atomic E-state index is 12.7. The Hall–Kier alpha value is -1.82. The molecular weight excluding hydrogens is 414 g/mol. The molecule has 1 aromatic heterocycles. The standard InChI is InChI=1S/C18H23N5O4S2/c24-17(13-28-18-19-20-21-23(18)15-3-1-2-4-15)14-5-7-16(8-6-14)29(25,26)22-9-11-27-12-10-22/h5-8,15H,1-4,9-13H2. The number of tetrazole rings is 1. The molecule has 0 amide bonds. The molecule has 156 valence electrons. The van der Waals surface area contributed by atoms with E-state index in [1.165, 1.54) is 41.0 Å². The molecule has 11 heteroatoms. The van der Waals surface area contributed by atoms with Crippen molar-refractivity contribution in [2.75, 3.05) is 32.1 Å². The zero-order chi connectivity index (χ0) is 20.3. The van der Waals surface area contributed by atoms with Gasteiger partial charge < -0.3 is 4.74 Å². The molecule has 2 aliphatic rings. The first-order chi connectivity index (χ1) is 14.1. The van der Waals surface area contributed by atoms with Crippen molar-refractivity contribution in [3.8, 4) is 0 Å². The van der Waals surface area contributed by atoms with Crippen molar-refractivity contribution in [1.29, 1.82) is 0 Å². The lowest BCUT2D eigenvalue weighted by molar-refractivity contribution is 0.0730. The molecule has 4 rings (SSSR count). The summed E-state index contributed by atoms with van der Waals surface area (Å²) in [7, 11) is -3.56. The van der Waals surface area contributed by atoms with Gasteiger partial charge in [-0.3, -0.25) is 4.79 Å². The summed E-state index contributed by atoms with van der Waals surface area (Å²) < 4.78 is 33.8. The van der Waals surface area contributed by atoms with Gasteiger partial charge in [0.05, 0.1) is 29.9 Å². The van der Waals surface area contributed by atoms with Gasteiger partial charge >= 0.3 is 0 Å². The number of hydrogen-bond acceptors (Lipinski definition) is 8. The summed E-state index contributed by atoms with van der Waals surface area (Å²) in [5, 5.41) is 12.5. The Balaban J connectivity index is 1.39. The van der Waals surface area contributed by atoms with Crippen LogP contribution in [0.3, 0.4) is 0 Å². The Morgan fingerprint density at radius 1 is 1.14 bits per heavy atom. The normalized spacial score (nSPS) is 18.9. The molecule has 1 saturated heterocycles. The number of nitrogens with zero attached hydrogens (tertiary/aromatic N) is 5. The van der Waals surface area contributed by atoms with Gasteiger partial charge in [-0.1, -0.05) is 36.7 Å². The van der Waals surface area contributed by atoms with Crippen molar-refractivity contribution in [2.45, 2.75) is 41.8 Å². The Kier molecular flexibility index (Phi) is 6.28. The van der Waals surface area contributed by atoms with Gasteiger partial charge in [0.1, 0.15) is 0 Å². The highest BCUT2D eigenvalue weighted by molar-refractivity contribution is 7.99. The number of morpholine rings is 1. The van der Waals surface area contributed by atoms with Crippen molar-refractivity contribution in [3.63, 3.8) is 0 Å². The number of Topliss-reactive ketones (excluding diaryl/α,β-unsaturated/α-hetero) is 1. The molecule has 0 unspecified atom stereocenters. The summed E-state index contributed by atoms with van der Waals surface area (Å²) in [5.41, 5.74) is 0.471. The summed E-state index contributed by atoms with van der Waals surface area (Å²) in [4.78, 5) is 12.7. The summed E-state index contributed by atoms with van der Waals surface area (Å²) in [6.45, 7) is 1.48. The molecule has 1 aromatic carbocycles. The summed E-state index contributed by atoms with van der Waals surface area (Å²) in [5.74, 6) is 0.106. The lowest BCUT2D eigenvalue weighted by Gasteiger charge is -2.26. The summed E-state index contributed by atoms with van der Waals surface area (Å²) in [6.07, 6.45) is 4.47. The van der Waals surface area contributed by atoms with E-state index in [1.54, 1.807) is 12.1 Å². The van der Waals surface area contributed by atoms with Gasteiger partial charge in [0.15, 0.2) is 5.78 Å². The topological polar surface area (TPSA) is 107 Å². The van der Waals surface area contributed by atoms with Crippen LogP contribution in [0.5, 0.6) is 0 Å². The first-order valence-electron chi connectivity index (χ1n) is 9.67. The molecule has 29 heavy (non-hydrogen) atoms. The van der Waals surface area contributed by atoms with E-state index in [2.05, 4.69) is 15.5 Å². The van der Waals surface area contributed by atoms with E-state index in [-0.39, 0.29) is 16.4 Å². The smallest absolute Gasteiger partial charge is 0.243 e. The summed E-state index contributed by atoms with van der Waals surface area (Å²) in [6, 6.07) is 6.43. The van der Waals surface area contributed by atoms with E-state index in [0.717, 1.165) is 12.8 Å². The number of sulfonamides is 1. The van der Waals surface area contributed by atoms with Gasteiger partial charge in [-0.25, -0.2) is 13.1 Å². The molecule has 1 saturated carbocycles. The Morgan fingerprint density at radius 3 is 2.52 bits per heavy atom. The third-order valence-corrected chi connectivity index (χ3v) is 8.10. The molecule has 2 aromatic rings.